The number of benzene rings is 1. The molecule has 9 heteroatoms. The number of nitrogens with one attached hydrogen (secondary N) is 1. The molecule has 2 amide bonds. The molecule has 9 nitrogen and oxygen atoms in total. The van der Waals surface area contributed by atoms with Crippen molar-refractivity contribution >= 4 is 17.5 Å². The molecule has 25 heavy (non-hydrogen) atoms. The van der Waals surface area contributed by atoms with E-state index in [1.165, 1.54) is 12.1 Å². The van der Waals surface area contributed by atoms with E-state index in [1.54, 1.807) is 6.07 Å². The molecule has 1 atom stereocenters. The molecule has 1 unspecified atom stereocenters. The van der Waals surface area contributed by atoms with Crippen molar-refractivity contribution in [2.45, 2.75) is 19.4 Å². The number of amides is 2. The van der Waals surface area contributed by atoms with Gasteiger partial charge in [-0.15, -0.1) is 0 Å². The first kappa shape index (κ1) is 18.8. The van der Waals surface area contributed by atoms with Crippen LogP contribution in [0.2, 0.25) is 0 Å². The van der Waals surface area contributed by atoms with Gasteiger partial charge in [0.1, 0.15) is 0 Å². The highest BCUT2D eigenvalue weighted by Gasteiger charge is 2.27. The first-order valence-corrected chi connectivity index (χ1v) is 8.19. The summed E-state index contributed by atoms with van der Waals surface area (Å²) in [5.74, 6) is -0.887. The fourth-order valence-corrected chi connectivity index (χ4v) is 3.01. The van der Waals surface area contributed by atoms with Crippen molar-refractivity contribution in [3.8, 4) is 0 Å². The van der Waals surface area contributed by atoms with Crippen molar-refractivity contribution in [1.82, 2.24) is 10.2 Å². The molecule has 136 valence electrons. The van der Waals surface area contributed by atoms with Gasteiger partial charge in [0.05, 0.1) is 10.8 Å². The summed E-state index contributed by atoms with van der Waals surface area (Å²) >= 11 is 0. The lowest BCUT2D eigenvalue weighted by Crippen LogP contribution is -2.43. The van der Waals surface area contributed by atoms with Gasteiger partial charge in [0.25, 0.3) is 5.69 Å². The largest absolute Gasteiger partial charge is 0.366 e. The average Bonchev–Trinajstić information content (AvgIpc) is 2.59. The number of nitro groups is 1. The molecule has 1 aliphatic rings. The van der Waals surface area contributed by atoms with E-state index in [1.807, 2.05) is 4.90 Å². The highest BCUT2D eigenvalue weighted by atomic mass is 16.6. The molecule has 1 heterocycles. The number of nitro benzene ring substituents is 1. The van der Waals surface area contributed by atoms with Crippen LogP contribution in [0.1, 0.15) is 28.8 Å². The van der Waals surface area contributed by atoms with Crippen molar-refractivity contribution in [3.05, 3.63) is 39.4 Å². The Bertz CT molecular complexity index is 664. The normalized spacial score (nSPS) is 17.9. The van der Waals surface area contributed by atoms with Crippen LogP contribution in [0.3, 0.4) is 0 Å². The molecule has 0 aliphatic carbocycles. The van der Waals surface area contributed by atoms with Crippen LogP contribution in [0.5, 0.6) is 0 Å². The second-order valence-electron chi connectivity index (χ2n) is 6.12. The molecule has 0 spiro atoms. The van der Waals surface area contributed by atoms with E-state index < -0.39 is 10.8 Å². The quantitative estimate of drug-likeness (QED) is 0.466. The Morgan fingerprint density at radius 1 is 1.40 bits per heavy atom. The predicted octanol–water partition coefficient (Wildman–Crippen LogP) is -0.0194. The Labute approximate surface area is 145 Å². The van der Waals surface area contributed by atoms with Crippen LogP contribution in [0.25, 0.3) is 0 Å². The molecular formula is C16H23N5O4. The summed E-state index contributed by atoms with van der Waals surface area (Å²) in [6, 6.07) is 4.24. The molecule has 1 aromatic carbocycles. The van der Waals surface area contributed by atoms with Gasteiger partial charge in [0.15, 0.2) is 0 Å². The second kappa shape index (κ2) is 8.54. The molecule has 5 N–H and O–H groups in total. The van der Waals surface area contributed by atoms with Crippen molar-refractivity contribution in [2.24, 2.45) is 17.4 Å². The van der Waals surface area contributed by atoms with Crippen molar-refractivity contribution in [3.63, 3.8) is 0 Å². The number of piperidine rings is 1. The van der Waals surface area contributed by atoms with E-state index in [4.69, 9.17) is 11.5 Å². The number of primary amides is 1. The Hall–Kier alpha value is -2.52. The standard InChI is InChI=1S/C16H23N5O4/c17-5-6-19-16(23)13-2-1-7-20(10-13)9-12-4-3-11(15(18)22)8-14(12)21(24)25/h3-4,8,13H,1-2,5-7,9-10,17H2,(H2,18,22)(H,19,23). The summed E-state index contributed by atoms with van der Waals surface area (Å²) in [6.07, 6.45) is 1.63. The Balaban J connectivity index is 2.09. The molecule has 0 bridgehead atoms. The van der Waals surface area contributed by atoms with Gasteiger partial charge in [-0.1, -0.05) is 6.07 Å². The maximum atomic E-state index is 12.1. The molecule has 1 saturated heterocycles. The SMILES string of the molecule is NCCNC(=O)C1CCCN(Cc2ccc(C(N)=O)cc2[N+](=O)[O-])C1. The highest BCUT2D eigenvalue weighted by Crippen LogP contribution is 2.25. The average molecular weight is 349 g/mol. The van der Waals surface area contributed by atoms with Crippen LogP contribution >= 0.6 is 0 Å². The monoisotopic (exact) mass is 349 g/mol. The van der Waals surface area contributed by atoms with Crippen LogP contribution in [-0.4, -0.2) is 47.8 Å². The maximum absolute atomic E-state index is 12.1. The number of nitrogens with two attached hydrogens (primary N) is 2. The Kier molecular flexibility index (Phi) is 6.43. The third-order valence-electron chi connectivity index (χ3n) is 4.28. The fraction of sp³-hybridized carbons (Fsp3) is 0.500. The number of carbonyl (C=O) groups is 2. The highest BCUT2D eigenvalue weighted by molar-refractivity contribution is 5.93. The third-order valence-corrected chi connectivity index (χ3v) is 4.28. The van der Waals surface area contributed by atoms with Crippen LogP contribution < -0.4 is 16.8 Å². The lowest BCUT2D eigenvalue weighted by molar-refractivity contribution is -0.385. The van der Waals surface area contributed by atoms with Crippen LogP contribution in [0.15, 0.2) is 18.2 Å². The molecule has 1 aromatic rings. The number of nitrogens with zero attached hydrogens (tertiary/aromatic N) is 2. The zero-order valence-electron chi connectivity index (χ0n) is 13.9. The van der Waals surface area contributed by atoms with Crippen LogP contribution in [-0.2, 0) is 11.3 Å². The molecule has 0 radical (unpaired) electrons. The summed E-state index contributed by atoms with van der Waals surface area (Å²) in [5, 5.41) is 14.1. The minimum absolute atomic E-state index is 0.0336. The lowest BCUT2D eigenvalue weighted by Gasteiger charge is -2.31. The van der Waals surface area contributed by atoms with Gasteiger partial charge < -0.3 is 16.8 Å². The molecule has 2 rings (SSSR count). The molecular weight excluding hydrogens is 326 g/mol. The second-order valence-corrected chi connectivity index (χ2v) is 6.12. The van der Waals surface area contributed by atoms with Gasteiger partial charge in [-0.25, -0.2) is 0 Å². The summed E-state index contributed by atoms with van der Waals surface area (Å²) in [5.41, 5.74) is 11.0. The summed E-state index contributed by atoms with van der Waals surface area (Å²) in [6.45, 7) is 2.46. The van der Waals surface area contributed by atoms with E-state index >= 15 is 0 Å². The zero-order valence-corrected chi connectivity index (χ0v) is 13.9. The van der Waals surface area contributed by atoms with Crippen LogP contribution in [0.4, 0.5) is 5.69 Å². The predicted molar refractivity (Wildman–Crippen MR) is 91.7 cm³/mol. The minimum atomic E-state index is -0.704. The number of likely N-dealkylation sites (tertiary alicyclic amines) is 1. The summed E-state index contributed by atoms with van der Waals surface area (Å²) in [4.78, 5) is 36.1. The number of hydrogen-bond donors (Lipinski definition) is 3. The van der Waals surface area contributed by atoms with Crippen LogP contribution in [0, 0.1) is 16.0 Å². The third kappa shape index (κ3) is 4.97. The van der Waals surface area contributed by atoms with Crippen molar-refractivity contribution in [1.29, 1.82) is 0 Å². The molecule has 0 saturated carbocycles. The maximum Gasteiger partial charge on any atom is 0.274 e. The van der Waals surface area contributed by atoms with Gasteiger partial charge >= 0.3 is 0 Å². The van der Waals surface area contributed by atoms with Crippen molar-refractivity contribution < 1.29 is 14.5 Å². The van der Waals surface area contributed by atoms with Gasteiger partial charge in [-0.3, -0.25) is 24.6 Å². The van der Waals surface area contributed by atoms with Gasteiger partial charge in [-0.2, -0.15) is 0 Å². The number of rotatable bonds is 7. The first-order valence-electron chi connectivity index (χ1n) is 8.19. The minimum Gasteiger partial charge on any atom is -0.366 e. The van der Waals surface area contributed by atoms with Gasteiger partial charge in [-0.05, 0) is 25.5 Å². The van der Waals surface area contributed by atoms with E-state index in [-0.39, 0.29) is 23.1 Å². The van der Waals surface area contributed by atoms with E-state index in [0.717, 1.165) is 19.4 Å². The van der Waals surface area contributed by atoms with E-state index in [9.17, 15) is 19.7 Å². The smallest absolute Gasteiger partial charge is 0.274 e. The van der Waals surface area contributed by atoms with E-state index in [0.29, 0.717) is 31.7 Å². The number of hydrogen-bond acceptors (Lipinski definition) is 6. The Morgan fingerprint density at radius 3 is 2.80 bits per heavy atom. The molecule has 0 aromatic heterocycles. The molecule has 1 aliphatic heterocycles. The molecule has 1 fully saturated rings. The first-order chi connectivity index (χ1) is 11.9. The van der Waals surface area contributed by atoms with Crippen molar-refractivity contribution in [2.75, 3.05) is 26.2 Å². The summed E-state index contributed by atoms with van der Waals surface area (Å²) < 4.78 is 0. The topological polar surface area (TPSA) is 145 Å². The number of carbonyl (C=O) groups excluding carboxylic acids is 2. The fourth-order valence-electron chi connectivity index (χ4n) is 3.01. The zero-order chi connectivity index (χ0) is 18.4. The van der Waals surface area contributed by atoms with E-state index in [2.05, 4.69) is 5.32 Å². The lowest BCUT2D eigenvalue weighted by atomic mass is 9.96. The van der Waals surface area contributed by atoms with Gasteiger partial charge in [0, 0.05) is 43.4 Å². The Morgan fingerprint density at radius 2 is 2.16 bits per heavy atom. The van der Waals surface area contributed by atoms with Gasteiger partial charge in [0.2, 0.25) is 11.8 Å². The summed E-state index contributed by atoms with van der Waals surface area (Å²) in [7, 11) is 0.